The molecule has 1 N–H and O–H groups in total. The van der Waals surface area contributed by atoms with Crippen LogP contribution in [-0.4, -0.2) is 27.7 Å². The molecule has 8 nitrogen and oxygen atoms in total. The van der Waals surface area contributed by atoms with Crippen LogP contribution in [0.2, 0.25) is 0 Å². The van der Waals surface area contributed by atoms with Gasteiger partial charge < -0.3 is 14.6 Å². The van der Waals surface area contributed by atoms with Crippen LogP contribution >= 0.6 is 0 Å². The molecule has 21 heavy (non-hydrogen) atoms. The number of nitrogens with one attached hydrogen (secondary N) is 1. The van der Waals surface area contributed by atoms with Crippen LogP contribution in [0.15, 0.2) is 29.1 Å². The Morgan fingerprint density at radius 2 is 2.29 bits per heavy atom. The maximum atomic E-state index is 11.3. The number of aromatic nitrogens is 2. The molecule has 0 bridgehead atoms. The Labute approximate surface area is 121 Å². The van der Waals surface area contributed by atoms with Gasteiger partial charge >= 0.3 is 5.69 Å². The number of hydrogen-bond acceptors (Lipinski definition) is 7. The number of nitro groups is 1. The average Bonchev–Trinajstić information content (AvgIpc) is 2.91. The van der Waals surface area contributed by atoms with Crippen molar-refractivity contribution in [2.75, 3.05) is 11.9 Å². The third-order valence-corrected chi connectivity index (χ3v) is 2.62. The molecule has 0 amide bonds. The summed E-state index contributed by atoms with van der Waals surface area (Å²) in [7, 11) is 0. The van der Waals surface area contributed by atoms with E-state index in [4.69, 9.17) is 4.74 Å². The first-order chi connectivity index (χ1) is 10.1. The highest BCUT2D eigenvalue weighted by molar-refractivity contribution is 5.68. The molecular formula is C13H16N4O4. The van der Waals surface area contributed by atoms with Crippen molar-refractivity contribution in [1.29, 1.82) is 0 Å². The van der Waals surface area contributed by atoms with E-state index in [9.17, 15) is 10.1 Å². The minimum Gasteiger partial charge on any atom is -0.484 e. The molecule has 2 rings (SSSR count). The van der Waals surface area contributed by atoms with Crippen molar-refractivity contribution in [3.63, 3.8) is 0 Å². The van der Waals surface area contributed by atoms with Crippen LogP contribution in [0.5, 0.6) is 5.75 Å². The van der Waals surface area contributed by atoms with Gasteiger partial charge in [0.15, 0.2) is 11.6 Å². The number of ether oxygens (including phenoxy) is 1. The Balaban J connectivity index is 2.12. The standard InChI is InChI=1S/C13H16N4O4/c1-9(2)21-11-5-3-4-10(13(11)17(18)19)14-7-6-12-15-8-20-16-12/h3-5,8-9,14H,6-7H2,1-2H3. The third-order valence-electron chi connectivity index (χ3n) is 2.62. The molecule has 1 aromatic carbocycles. The van der Waals surface area contributed by atoms with E-state index >= 15 is 0 Å². The Bertz CT molecular complexity index is 598. The highest BCUT2D eigenvalue weighted by Gasteiger charge is 2.21. The van der Waals surface area contributed by atoms with Crippen LogP contribution in [0.3, 0.4) is 0 Å². The van der Waals surface area contributed by atoms with Crippen molar-refractivity contribution in [2.45, 2.75) is 26.4 Å². The van der Waals surface area contributed by atoms with Crippen LogP contribution in [0.1, 0.15) is 19.7 Å². The zero-order valence-electron chi connectivity index (χ0n) is 11.8. The summed E-state index contributed by atoms with van der Waals surface area (Å²) in [6, 6.07) is 4.94. The quantitative estimate of drug-likeness (QED) is 0.617. The summed E-state index contributed by atoms with van der Waals surface area (Å²) in [4.78, 5) is 14.7. The van der Waals surface area contributed by atoms with E-state index in [1.165, 1.54) is 6.39 Å². The number of nitro benzene ring substituents is 1. The summed E-state index contributed by atoms with van der Waals surface area (Å²) in [6.07, 6.45) is 1.61. The summed E-state index contributed by atoms with van der Waals surface area (Å²) < 4.78 is 10.1. The lowest BCUT2D eigenvalue weighted by Gasteiger charge is -2.12. The molecule has 0 saturated carbocycles. The Hall–Kier alpha value is -2.64. The zero-order valence-corrected chi connectivity index (χ0v) is 11.8. The lowest BCUT2D eigenvalue weighted by Crippen LogP contribution is -2.11. The summed E-state index contributed by atoms with van der Waals surface area (Å²) in [5, 5.41) is 17.9. The first-order valence-electron chi connectivity index (χ1n) is 6.51. The van der Waals surface area contributed by atoms with Gasteiger partial charge in [-0.15, -0.1) is 0 Å². The van der Waals surface area contributed by atoms with Crippen molar-refractivity contribution in [1.82, 2.24) is 10.1 Å². The van der Waals surface area contributed by atoms with E-state index < -0.39 is 4.92 Å². The molecule has 2 aromatic rings. The molecule has 0 aliphatic carbocycles. The Morgan fingerprint density at radius 1 is 1.48 bits per heavy atom. The fraction of sp³-hybridized carbons (Fsp3) is 0.385. The minimum absolute atomic E-state index is 0.0701. The Kier molecular flexibility index (Phi) is 4.70. The molecule has 112 valence electrons. The molecular weight excluding hydrogens is 276 g/mol. The van der Waals surface area contributed by atoms with Gasteiger partial charge in [0, 0.05) is 13.0 Å². The first-order valence-corrected chi connectivity index (χ1v) is 6.51. The fourth-order valence-electron chi connectivity index (χ4n) is 1.81. The second-order valence-corrected chi connectivity index (χ2v) is 4.60. The molecule has 0 aliphatic rings. The second kappa shape index (κ2) is 6.69. The van der Waals surface area contributed by atoms with Gasteiger partial charge in [0.25, 0.3) is 0 Å². The molecule has 0 aliphatic heterocycles. The third kappa shape index (κ3) is 3.91. The smallest absolute Gasteiger partial charge is 0.333 e. The summed E-state index contributed by atoms with van der Waals surface area (Å²) in [5.41, 5.74) is 0.334. The van der Waals surface area contributed by atoms with Gasteiger partial charge in [-0.2, -0.15) is 4.98 Å². The second-order valence-electron chi connectivity index (χ2n) is 4.60. The van der Waals surface area contributed by atoms with E-state index in [0.717, 1.165) is 0 Å². The topological polar surface area (TPSA) is 103 Å². The SMILES string of the molecule is CC(C)Oc1cccc(NCCc2ncon2)c1[N+](=O)[O-]. The van der Waals surface area contributed by atoms with Crippen molar-refractivity contribution in [3.8, 4) is 5.75 Å². The van der Waals surface area contributed by atoms with Crippen molar-refractivity contribution in [2.24, 2.45) is 0 Å². The minimum atomic E-state index is -0.450. The fourth-order valence-corrected chi connectivity index (χ4v) is 1.81. The van der Waals surface area contributed by atoms with E-state index in [-0.39, 0.29) is 17.5 Å². The predicted octanol–water partition coefficient (Wildman–Crippen LogP) is 2.42. The molecule has 1 heterocycles. The van der Waals surface area contributed by atoms with E-state index in [0.29, 0.717) is 24.5 Å². The van der Waals surface area contributed by atoms with Crippen LogP contribution < -0.4 is 10.1 Å². The highest BCUT2D eigenvalue weighted by atomic mass is 16.6. The number of anilines is 1. The van der Waals surface area contributed by atoms with E-state index in [1.807, 2.05) is 13.8 Å². The average molecular weight is 292 g/mol. The molecule has 0 unspecified atom stereocenters. The van der Waals surface area contributed by atoms with Crippen molar-refractivity contribution in [3.05, 3.63) is 40.5 Å². The van der Waals surface area contributed by atoms with Gasteiger partial charge in [0.2, 0.25) is 6.39 Å². The van der Waals surface area contributed by atoms with Gasteiger partial charge in [-0.1, -0.05) is 11.2 Å². The lowest BCUT2D eigenvalue weighted by atomic mass is 10.2. The Morgan fingerprint density at radius 3 is 2.90 bits per heavy atom. The van der Waals surface area contributed by atoms with Gasteiger partial charge in [0.1, 0.15) is 5.69 Å². The number of hydrogen-bond donors (Lipinski definition) is 1. The predicted molar refractivity (Wildman–Crippen MR) is 75.4 cm³/mol. The molecule has 0 fully saturated rings. The van der Waals surface area contributed by atoms with Crippen LogP contribution in [0, 0.1) is 10.1 Å². The van der Waals surface area contributed by atoms with Crippen molar-refractivity contribution >= 4 is 11.4 Å². The van der Waals surface area contributed by atoms with Gasteiger partial charge in [-0.3, -0.25) is 10.1 Å². The number of para-hydroxylation sites is 1. The molecule has 0 spiro atoms. The number of rotatable bonds is 7. The normalized spacial score (nSPS) is 10.6. The number of benzene rings is 1. The van der Waals surface area contributed by atoms with E-state index in [2.05, 4.69) is 20.0 Å². The zero-order chi connectivity index (χ0) is 15.2. The van der Waals surface area contributed by atoms with Crippen LogP contribution in [0.25, 0.3) is 0 Å². The summed E-state index contributed by atoms with van der Waals surface area (Å²) in [5.74, 6) is 0.791. The molecule has 0 atom stereocenters. The molecule has 0 saturated heterocycles. The number of nitrogens with zero attached hydrogens (tertiary/aromatic N) is 3. The first kappa shape index (κ1) is 14.8. The van der Waals surface area contributed by atoms with Gasteiger partial charge in [0.05, 0.1) is 11.0 Å². The molecule has 1 aromatic heterocycles. The van der Waals surface area contributed by atoms with E-state index in [1.54, 1.807) is 18.2 Å². The largest absolute Gasteiger partial charge is 0.484 e. The highest BCUT2D eigenvalue weighted by Crippen LogP contribution is 2.35. The van der Waals surface area contributed by atoms with Crippen LogP contribution in [0.4, 0.5) is 11.4 Å². The maximum absolute atomic E-state index is 11.3. The molecule has 8 heteroatoms. The van der Waals surface area contributed by atoms with Gasteiger partial charge in [-0.25, -0.2) is 0 Å². The monoisotopic (exact) mass is 292 g/mol. The van der Waals surface area contributed by atoms with Crippen LogP contribution in [-0.2, 0) is 6.42 Å². The molecule has 0 radical (unpaired) electrons. The summed E-state index contributed by atoms with van der Waals surface area (Å²) in [6.45, 7) is 4.09. The van der Waals surface area contributed by atoms with Gasteiger partial charge in [-0.05, 0) is 26.0 Å². The lowest BCUT2D eigenvalue weighted by molar-refractivity contribution is -0.385. The maximum Gasteiger partial charge on any atom is 0.333 e. The van der Waals surface area contributed by atoms with Crippen molar-refractivity contribution < 1.29 is 14.2 Å². The summed E-state index contributed by atoms with van der Waals surface area (Å²) >= 11 is 0.